The topological polar surface area (TPSA) is 55.8 Å². The lowest BCUT2D eigenvalue weighted by Crippen LogP contribution is -2.21. The molecule has 0 aliphatic carbocycles. The highest BCUT2D eigenvalue weighted by atomic mass is 16.5. The zero-order chi connectivity index (χ0) is 17.1. The molecule has 4 nitrogen and oxygen atoms in total. The van der Waals surface area contributed by atoms with Crippen LogP contribution in [0, 0.1) is 11.8 Å². The summed E-state index contributed by atoms with van der Waals surface area (Å²) < 4.78 is 10.3. The van der Waals surface area contributed by atoms with Crippen molar-refractivity contribution in [3.63, 3.8) is 0 Å². The summed E-state index contributed by atoms with van der Waals surface area (Å²) >= 11 is 0. The Bertz CT molecular complexity index is 470. The minimum Gasteiger partial charge on any atom is -0.469 e. The monoisotopic (exact) mass is 320 g/mol. The molecule has 0 heterocycles. The molecule has 1 N–H and O–H groups in total. The van der Waals surface area contributed by atoms with Crippen molar-refractivity contribution in [2.75, 3.05) is 13.7 Å². The van der Waals surface area contributed by atoms with Crippen LogP contribution in [0.15, 0.2) is 42.5 Å². The fourth-order valence-corrected chi connectivity index (χ4v) is 2.14. The van der Waals surface area contributed by atoms with Gasteiger partial charge in [0.15, 0.2) is 0 Å². The smallest absolute Gasteiger partial charge is 0.306 e. The van der Waals surface area contributed by atoms with Gasteiger partial charge in [-0.1, -0.05) is 56.3 Å². The van der Waals surface area contributed by atoms with E-state index in [1.54, 1.807) is 0 Å². The normalized spacial score (nSPS) is 15.3. The van der Waals surface area contributed by atoms with Gasteiger partial charge in [0.25, 0.3) is 0 Å². The minimum absolute atomic E-state index is 0.0549. The van der Waals surface area contributed by atoms with Crippen LogP contribution in [0.4, 0.5) is 0 Å². The molecule has 1 aromatic rings. The number of hydrogen-bond acceptors (Lipinski definition) is 4. The maximum atomic E-state index is 11.1. The summed E-state index contributed by atoms with van der Waals surface area (Å²) in [7, 11) is 1.39. The first-order chi connectivity index (χ1) is 11.0. The number of aliphatic hydroxyl groups excluding tert-OH is 1. The molecule has 0 aromatic heterocycles. The summed E-state index contributed by atoms with van der Waals surface area (Å²) in [5, 5.41) is 10.1. The maximum absolute atomic E-state index is 11.1. The summed E-state index contributed by atoms with van der Waals surface area (Å²) in [5.41, 5.74) is 1.13. The van der Waals surface area contributed by atoms with Gasteiger partial charge in [0.2, 0.25) is 0 Å². The molecule has 0 radical (unpaired) electrons. The van der Waals surface area contributed by atoms with Gasteiger partial charge < -0.3 is 14.6 Å². The minimum atomic E-state index is -0.452. The van der Waals surface area contributed by atoms with Crippen molar-refractivity contribution in [2.24, 2.45) is 11.8 Å². The van der Waals surface area contributed by atoms with Crippen LogP contribution in [-0.2, 0) is 20.9 Å². The number of benzene rings is 1. The molecule has 0 bridgehead atoms. The van der Waals surface area contributed by atoms with Gasteiger partial charge in [-0.2, -0.15) is 0 Å². The molecule has 128 valence electrons. The van der Waals surface area contributed by atoms with Crippen molar-refractivity contribution in [1.29, 1.82) is 0 Å². The molecular weight excluding hydrogens is 292 g/mol. The van der Waals surface area contributed by atoms with Crippen LogP contribution in [0.25, 0.3) is 0 Å². The molecule has 0 saturated carbocycles. The average Bonchev–Trinajstić information content (AvgIpc) is 2.55. The summed E-state index contributed by atoms with van der Waals surface area (Å²) in [6.45, 7) is 5.00. The highest BCUT2D eigenvalue weighted by Gasteiger charge is 2.13. The number of carbonyl (C=O) groups is 1. The van der Waals surface area contributed by atoms with Gasteiger partial charge in [-0.3, -0.25) is 4.79 Å². The van der Waals surface area contributed by atoms with E-state index in [9.17, 15) is 9.90 Å². The van der Waals surface area contributed by atoms with E-state index < -0.39 is 6.10 Å². The Kier molecular flexibility index (Phi) is 9.25. The summed E-state index contributed by atoms with van der Waals surface area (Å²) in [4.78, 5) is 11.1. The fourth-order valence-electron chi connectivity index (χ4n) is 2.14. The first kappa shape index (κ1) is 19.4. The van der Waals surface area contributed by atoms with Gasteiger partial charge in [0.1, 0.15) is 0 Å². The largest absolute Gasteiger partial charge is 0.469 e. The van der Waals surface area contributed by atoms with Crippen molar-refractivity contribution in [3.8, 4) is 0 Å². The number of ether oxygens (including phenoxy) is 2. The summed E-state index contributed by atoms with van der Waals surface area (Å²) in [6.07, 6.45) is 4.33. The van der Waals surface area contributed by atoms with E-state index in [-0.39, 0.29) is 17.8 Å². The highest BCUT2D eigenvalue weighted by Crippen LogP contribution is 2.12. The van der Waals surface area contributed by atoms with Gasteiger partial charge in [0, 0.05) is 5.92 Å². The van der Waals surface area contributed by atoms with Crippen LogP contribution in [0.2, 0.25) is 0 Å². The summed E-state index contributed by atoms with van der Waals surface area (Å²) in [6, 6.07) is 9.98. The van der Waals surface area contributed by atoms with Crippen LogP contribution in [0.3, 0.4) is 0 Å². The average molecular weight is 320 g/mol. The predicted octanol–water partition coefficient (Wildman–Crippen LogP) is 3.35. The molecule has 0 saturated heterocycles. The molecule has 0 spiro atoms. The predicted molar refractivity (Wildman–Crippen MR) is 90.8 cm³/mol. The second kappa shape index (κ2) is 11.0. The number of allylic oxidation sites excluding steroid dienone is 1. The van der Waals surface area contributed by atoms with E-state index >= 15 is 0 Å². The second-order valence-electron chi connectivity index (χ2n) is 5.97. The Morgan fingerprint density at radius 2 is 1.96 bits per heavy atom. The number of rotatable bonds is 10. The number of esters is 1. The molecule has 1 aromatic carbocycles. The Morgan fingerprint density at radius 1 is 1.26 bits per heavy atom. The number of aliphatic hydroxyl groups is 1. The number of methoxy groups -OCH3 is 1. The van der Waals surface area contributed by atoms with Crippen molar-refractivity contribution in [2.45, 2.75) is 39.4 Å². The quantitative estimate of drug-likeness (QED) is 0.530. The number of hydrogen-bond donors (Lipinski definition) is 1. The van der Waals surface area contributed by atoms with Crippen LogP contribution in [0.5, 0.6) is 0 Å². The maximum Gasteiger partial charge on any atom is 0.306 e. The molecule has 1 rings (SSSR count). The first-order valence-electron chi connectivity index (χ1n) is 8.06. The van der Waals surface area contributed by atoms with E-state index in [1.807, 2.05) is 56.3 Å². The second-order valence-corrected chi connectivity index (χ2v) is 5.97. The van der Waals surface area contributed by atoms with Crippen molar-refractivity contribution in [3.05, 3.63) is 48.0 Å². The Hall–Kier alpha value is -1.65. The van der Waals surface area contributed by atoms with Gasteiger partial charge in [-0.15, -0.1) is 0 Å². The third-order valence-corrected chi connectivity index (χ3v) is 3.71. The first-order valence-corrected chi connectivity index (χ1v) is 8.06. The lowest BCUT2D eigenvalue weighted by Gasteiger charge is -2.17. The molecule has 3 atom stereocenters. The van der Waals surface area contributed by atoms with Gasteiger partial charge in [-0.25, -0.2) is 0 Å². The van der Waals surface area contributed by atoms with Gasteiger partial charge in [0.05, 0.1) is 32.8 Å². The van der Waals surface area contributed by atoms with Crippen molar-refractivity contribution >= 4 is 5.97 Å². The van der Waals surface area contributed by atoms with E-state index in [1.165, 1.54) is 7.11 Å². The zero-order valence-electron chi connectivity index (χ0n) is 14.3. The van der Waals surface area contributed by atoms with Crippen LogP contribution in [-0.4, -0.2) is 30.9 Å². The molecule has 4 heteroatoms. The van der Waals surface area contributed by atoms with E-state index in [2.05, 4.69) is 4.74 Å². The standard InChI is InChI=1S/C19H28O4/c1-15(12-19(21)22-3)8-7-11-18(20)16(2)13-23-14-17-9-5-4-6-10-17/h4-10,15-16,18,20H,11-14H2,1-3H3/b8-7-/t15-,16+,18-/m0/s1. The van der Waals surface area contributed by atoms with E-state index in [0.29, 0.717) is 26.1 Å². The molecule has 0 amide bonds. The zero-order valence-corrected chi connectivity index (χ0v) is 14.3. The summed E-state index contributed by atoms with van der Waals surface area (Å²) in [5.74, 6) is -0.0519. The third-order valence-electron chi connectivity index (χ3n) is 3.71. The van der Waals surface area contributed by atoms with E-state index in [4.69, 9.17) is 4.74 Å². The Morgan fingerprint density at radius 3 is 2.61 bits per heavy atom. The lowest BCUT2D eigenvalue weighted by molar-refractivity contribution is -0.141. The molecule has 0 fully saturated rings. The van der Waals surface area contributed by atoms with Crippen LogP contribution in [0.1, 0.15) is 32.3 Å². The van der Waals surface area contributed by atoms with Crippen LogP contribution < -0.4 is 0 Å². The third kappa shape index (κ3) is 8.53. The van der Waals surface area contributed by atoms with Gasteiger partial charge >= 0.3 is 5.97 Å². The Labute approximate surface area is 139 Å². The molecule has 0 aliphatic heterocycles. The molecule has 0 unspecified atom stereocenters. The molecule has 23 heavy (non-hydrogen) atoms. The van der Waals surface area contributed by atoms with E-state index in [0.717, 1.165) is 5.56 Å². The SMILES string of the molecule is COC(=O)C[C@@H](C)/C=C\C[C@H](O)[C@H](C)COCc1ccccc1. The van der Waals surface area contributed by atoms with Gasteiger partial charge in [-0.05, 0) is 17.9 Å². The Balaban J connectivity index is 2.22. The van der Waals surface area contributed by atoms with Crippen molar-refractivity contribution in [1.82, 2.24) is 0 Å². The fraction of sp³-hybridized carbons (Fsp3) is 0.526. The highest BCUT2D eigenvalue weighted by molar-refractivity contribution is 5.69. The molecule has 0 aliphatic rings. The van der Waals surface area contributed by atoms with Crippen LogP contribution >= 0.6 is 0 Å². The van der Waals surface area contributed by atoms with Crippen molar-refractivity contribution < 1.29 is 19.4 Å². The lowest BCUT2D eigenvalue weighted by atomic mass is 10.0. The number of carbonyl (C=O) groups excluding carboxylic acids is 1. The molecular formula is C19H28O4.